The van der Waals surface area contributed by atoms with Gasteiger partial charge in [-0.25, -0.2) is 0 Å². The van der Waals surface area contributed by atoms with Crippen LogP contribution in [0.1, 0.15) is 5.76 Å². The van der Waals surface area contributed by atoms with Gasteiger partial charge in [0.25, 0.3) is 5.69 Å². The molecule has 0 unspecified atom stereocenters. The Labute approximate surface area is 153 Å². The SMILES string of the molecule is O=C(/C=C/c1ccc(-c2ccccc2)o1)Nc1ccc(Cl)c([N+](=O)[O-])c1. The van der Waals surface area contributed by atoms with Crippen molar-refractivity contribution in [1.82, 2.24) is 0 Å². The van der Waals surface area contributed by atoms with E-state index in [-0.39, 0.29) is 16.4 Å². The number of furan rings is 1. The summed E-state index contributed by atoms with van der Waals surface area (Å²) in [5.74, 6) is 0.763. The van der Waals surface area contributed by atoms with Crippen molar-refractivity contribution >= 4 is 35.0 Å². The van der Waals surface area contributed by atoms with E-state index in [1.54, 1.807) is 6.07 Å². The molecule has 1 heterocycles. The van der Waals surface area contributed by atoms with Crippen LogP contribution in [0.5, 0.6) is 0 Å². The van der Waals surface area contributed by atoms with E-state index in [2.05, 4.69) is 5.32 Å². The summed E-state index contributed by atoms with van der Waals surface area (Å²) in [6, 6.07) is 17.2. The second-order valence-corrected chi connectivity index (χ2v) is 5.72. The lowest BCUT2D eigenvalue weighted by molar-refractivity contribution is -0.384. The maximum atomic E-state index is 12.0. The molecule has 3 rings (SSSR count). The van der Waals surface area contributed by atoms with Crippen LogP contribution in [-0.2, 0) is 4.79 Å². The largest absolute Gasteiger partial charge is 0.457 e. The normalized spacial score (nSPS) is 10.8. The molecule has 0 saturated heterocycles. The van der Waals surface area contributed by atoms with Crippen LogP contribution in [-0.4, -0.2) is 10.8 Å². The molecule has 0 saturated carbocycles. The first-order chi connectivity index (χ1) is 12.5. The average Bonchev–Trinajstić information content (AvgIpc) is 3.11. The number of carbonyl (C=O) groups is 1. The lowest BCUT2D eigenvalue weighted by atomic mass is 10.2. The zero-order valence-electron chi connectivity index (χ0n) is 13.4. The summed E-state index contributed by atoms with van der Waals surface area (Å²) < 4.78 is 5.66. The van der Waals surface area contributed by atoms with Crippen molar-refractivity contribution in [2.75, 3.05) is 5.32 Å². The quantitative estimate of drug-likeness (QED) is 0.383. The van der Waals surface area contributed by atoms with Crippen LogP contribution in [0.2, 0.25) is 5.02 Å². The highest BCUT2D eigenvalue weighted by molar-refractivity contribution is 6.32. The maximum Gasteiger partial charge on any atom is 0.289 e. The van der Waals surface area contributed by atoms with Crippen molar-refractivity contribution in [1.29, 1.82) is 0 Å². The summed E-state index contributed by atoms with van der Waals surface area (Å²) in [6.07, 6.45) is 2.81. The molecule has 1 aromatic heterocycles. The zero-order chi connectivity index (χ0) is 18.5. The van der Waals surface area contributed by atoms with Crippen molar-refractivity contribution in [3.05, 3.63) is 87.6 Å². The fraction of sp³-hybridized carbons (Fsp3) is 0. The molecule has 0 spiro atoms. The summed E-state index contributed by atoms with van der Waals surface area (Å²) in [4.78, 5) is 22.2. The van der Waals surface area contributed by atoms with E-state index >= 15 is 0 Å². The van der Waals surface area contributed by atoms with Crippen LogP contribution in [0.15, 0.2) is 71.2 Å². The van der Waals surface area contributed by atoms with E-state index in [4.69, 9.17) is 16.0 Å². The van der Waals surface area contributed by atoms with Gasteiger partial charge in [0.2, 0.25) is 5.91 Å². The van der Waals surface area contributed by atoms with Crippen molar-refractivity contribution in [3.8, 4) is 11.3 Å². The molecule has 0 atom stereocenters. The van der Waals surface area contributed by atoms with Crippen molar-refractivity contribution in [2.45, 2.75) is 0 Å². The molecule has 7 heteroatoms. The third-order valence-electron chi connectivity index (χ3n) is 3.49. The summed E-state index contributed by atoms with van der Waals surface area (Å²) in [5, 5.41) is 13.4. The molecule has 26 heavy (non-hydrogen) atoms. The third-order valence-corrected chi connectivity index (χ3v) is 3.81. The minimum atomic E-state index is -0.609. The van der Waals surface area contributed by atoms with Crippen molar-refractivity contribution in [3.63, 3.8) is 0 Å². The van der Waals surface area contributed by atoms with E-state index in [1.807, 2.05) is 36.4 Å². The Morgan fingerprint density at radius 3 is 2.62 bits per heavy atom. The molecule has 1 amide bonds. The zero-order valence-corrected chi connectivity index (χ0v) is 14.1. The number of anilines is 1. The van der Waals surface area contributed by atoms with E-state index in [9.17, 15) is 14.9 Å². The molecule has 3 aromatic rings. The molecule has 2 aromatic carbocycles. The smallest absolute Gasteiger partial charge is 0.289 e. The molecule has 0 aliphatic rings. The highest BCUT2D eigenvalue weighted by Gasteiger charge is 2.13. The van der Waals surface area contributed by atoms with Gasteiger partial charge < -0.3 is 9.73 Å². The van der Waals surface area contributed by atoms with E-state index < -0.39 is 10.8 Å². The first kappa shape index (κ1) is 17.4. The van der Waals surface area contributed by atoms with E-state index in [0.29, 0.717) is 11.5 Å². The van der Waals surface area contributed by atoms with Crippen LogP contribution in [0.4, 0.5) is 11.4 Å². The molecule has 0 bridgehead atoms. The second-order valence-electron chi connectivity index (χ2n) is 5.31. The van der Waals surface area contributed by atoms with Gasteiger partial charge in [-0.2, -0.15) is 0 Å². The summed E-state index contributed by atoms with van der Waals surface area (Å²) in [6.45, 7) is 0. The lowest BCUT2D eigenvalue weighted by Gasteiger charge is -2.02. The fourth-order valence-electron chi connectivity index (χ4n) is 2.27. The van der Waals surface area contributed by atoms with Crippen molar-refractivity contribution in [2.24, 2.45) is 0 Å². The van der Waals surface area contributed by atoms with Crippen LogP contribution < -0.4 is 5.32 Å². The van der Waals surface area contributed by atoms with Crippen LogP contribution in [0.3, 0.4) is 0 Å². The maximum absolute atomic E-state index is 12.0. The summed E-state index contributed by atoms with van der Waals surface area (Å²) in [7, 11) is 0. The molecular formula is C19H13ClN2O4. The predicted molar refractivity (Wildman–Crippen MR) is 99.9 cm³/mol. The van der Waals surface area contributed by atoms with Gasteiger partial charge in [0.1, 0.15) is 16.5 Å². The Hall–Kier alpha value is -3.38. The molecule has 1 N–H and O–H groups in total. The van der Waals surface area contributed by atoms with Gasteiger partial charge in [-0.3, -0.25) is 14.9 Å². The molecule has 6 nitrogen and oxygen atoms in total. The van der Waals surface area contributed by atoms with Crippen LogP contribution in [0.25, 0.3) is 17.4 Å². The summed E-state index contributed by atoms with van der Waals surface area (Å²) in [5.41, 5.74) is 0.942. The third kappa shape index (κ3) is 4.17. The Balaban J connectivity index is 1.68. The Bertz CT molecular complexity index is 980. The van der Waals surface area contributed by atoms with Gasteiger partial charge in [-0.15, -0.1) is 0 Å². The minimum absolute atomic E-state index is 0.00701. The number of amides is 1. The number of nitro groups is 1. The number of hydrogen-bond donors (Lipinski definition) is 1. The predicted octanol–water partition coefficient (Wildman–Crippen LogP) is 5.16. The first-order valence-electron chi connectivity index (χ1n) is 7.61. The Morgan fingerprint density at radius 2 is 1.88 bits per heavy atom. The monoisotopic (exact) mass is 368 g/mol. The number of nitrogens with zero attached hydrogens (tertiary/aromatic N) is 1. The highest BCUT2D eigenvalue weighted by Crippen LogP contribution is 2.27. The number of nitrogens with one attached hydrogen (secondary N) is 1. The number of halogens is 1. The van der Waals surface area contributed by atoms with Gasteiger partial charge in [0, 0.05) is 23.4 Å². The van der Waals surface area contributed by atoms with Crippen LogP contribution >= 0.6 is 11.6 Å². The van der Waals surface area contributed by atoms with Gasteiger partial charge in [0.05, 0.1) is 4.92 Å². The van der Waals surface area contributed by atoms with E-state index in [1.165, 1.54) is 30.4 Å². The van der Waals surface area contributed by atoms with Gasteiger partial charge >= 0.3 is 0 Å². The average molecular weight is 369 g/mol. The van der Waals surface area contributed by atoms with Gasteiger partial charge in [-0.1, -0.05) is 41.9 Å². The number of hydrogen-bond acceptors (Lipinski definition) is 4. The van der Waals surface area contributed by atoms with Crippen molar-refractivity contribution < 1.29 is 14.1 Å². The fourth-order valence-corrected chi connectivity index (χ4v) is 2.46. The summed E-state index contributed by atoms with van der Waals surface area (Å²) >= 11 is 5.74. The topological polar surface area (TPSA) is 85.4 Å². The molecular weight excluding hydrogens is 356 g/mol. The van der Waals surface area contributed by atoms with E-state index in [0.717, 1.165) is 5.56 Å². The molecule has 0 aliphatic heterocycles. The molecule has 0 radical (unpaired) electrons. The highest BCUT2D eigenvalue weighted by atomic mass is 35.5. The lowest BCUT2D eigenvalue weighted by Crippen LogP contribution is -2.07. The Morgan fingerprint density at radius 1 is 1.12 bits per heavy atom. The number of rotatable bonds is 5. The van der Waals surface area contributed by atoms with Gasteiger partial charge in [-0.05, 0) is 30.3 Å². The number of carbonyl (C=O) groups excluding carboxylic acids is 1. The second kappa shape index (κ2) is 7.67. The van der Waals surface area contributed by atoms with Gasteiger partial charge in [0.15, 0.2) is 0 Å². The molecule has 0 aliphatic carbocycles. The first-order valence-corrected chi connectivity index (χ1v) is 7.99. The molecule has 0 fully saturated rings. The van der Waals surface area contributed by atoms with Crippen LogP contribution in [0, 0.1) is 10.1 Å². The molecule has 130 valence electrons. The number of benzene rings is 2. The Kier molecular flexibility index (Phi) is 5.15. The minimum Gasteiger partial charge on any atom is -0.457 e. The standard InChI is InChI=1S/C19H13ClN2O4/c20-16-9-6-14(12-17(16)22(24)25)21-19(23)11-8-15-7-10-18(26-15)13-4-2-1-3-5-13/h1-12H,(H,21,23)/b11-8+. The number of nitro benzene ring substituents is 1.